The number of carbonyl (C=O) groups is 2. The van der Waals surface area contributed by atoms with E-state index < -0.39 is 26.6 Å². The van der Waals surface area contributed by atoms with Gasteiger partial charge in [0.15, 0.2) is 4.75 Å². The first-order chi connectivity index (χ1) is 9.59. The molecule has 1 aliphatic rings. The number of rotatable bonds is 3. The van der Waals surface area contributed by atoms with Gasteiger partial charge in [0.05, 0.1) is 5.69 Å². The fourth-order valence-electron chi connectivity index (χ4n) is 2.01. The molecule has 0 radical (unpaired) electrons. The van der Waals surface area contributed by atoms with Crippen LogP contribution in [-0.4, -0.2) is 30.1 Å². The quantitative estimate of drug-likeness (QED) is 0.855. The fraction of sp³-hybridized carbons (Fsp3) is 0.286. The molecule has 1 aromatic rings. The van der Waals surface area contributed by atoms with Gasteiger partial charge >= 0.3 is 5.97 Å². The van der Waals surface area contributed by atoms with Crippen molar-refractivity contribution in [2.24, 2.45) is 0 Å². The number of hydrogen-bond acceptors (Lipinski definition) is 4. The standard InChI is InChI=1S/C14H15NO5S/c1-9-4-5-10(6-7-12(16)17)8-11(9)15-13(18)14(2,3)21(15,19)20/h4-8H,1-3H3,(H,16,17). The third-order valence-corrected chi connectivity index (χ3v) is 5.76. The van der Waals surface area contributed by atoms with Crippen molar-refractivity contribution in [2.75, 3.05) is 4.31 Å². The molecule has 0 atom stereocenters. The molecule has 1 fully saturated rings. The molecule has 0 saturated carbocycles. The summed E-state index contributed by atoms with van der Waals surface area (Å²) < 4.78 is 23.8. The summed E-state index contributed by atoms with van der Waals surface area (Å²) in [6.07, 6.45) is 2.29. The van der Waals surface area contributed by atoms with E-state index in [1.165, 1.54) is 26.0 Å². The maximum Gasteiger partial charge on any atom is 0.328 e. The van der Waals surface area contributed by atoms with Gasteiger partial charge in [-0.05, 0) is 44.0 Å². The predicted octanol–water partition coefficient (Wildman–Crippen LogP) is 1.55. The maximum atomic E-state index is 12.2. The van der Waals surface area contributed by atoms with Crippen molar-refractivity contribution >= 4 is 33.7 Å². The highest BCUT2D eigenvalue weighted by molar-refractivity contribution is 7.98. The normalized spacial score (nSPS) is 19.6. The van der Waals surface area contributed by atoms with Gasteiger partial charge in [0.25, 0.3) is 15.9 Å². The molecule has 0 aromatic heterocycles. The van der Waals surface area contributed by atoms with Gasteiger partial charge in [0.1, 0.15) is 0 Å². The van der Waals surface area contributed by atoms with E-state index in [1.54, 1.807) is 19.1 Å². The second kappa shape index (κ2) is 4.70. The molecule has 1 aliphatic heterocycles. The molecule has 0 bridgehead atoms. The van der Waals surface area contributed by atoms with E-state index in [0.717, 1.165) is 10.4 Å². The van der Waals surface area contributed by atoms with Gasteiger partial charge in [-0.2, -0.15) is 0 Å². The fourth-order valence-corrected chi connectivity index (χ4v) is 3.55. The molecule has 0 aliphatic carbocycles. The molecule has 0 unspecified atom stereocenters. The lowest BCUT2D eigenvalue weighted by Crippen LogP contribution is -2.67. The van der Waals surface area contributed by atoms with Gasteiger partial charge in [0.2, 0.25) is 0 Å². The molecular weight excluding hydrogens is 294 g/mol. The Morgan fingerprint density at radius 2 is 1.95 bits per heavy atom. The molecule has 7 heteroatoms. The Morgan fingerprint density at radius 1 is 1.33 bits per heavy atom. The van der Waals surface area contributed by atoms with Crippen molar-refractivity contribution in [3.63, 3.8) is 0 Å². The summed E-state index contributed by atoms with van der Waals surface area (Å²) in [5.74, 6) is -1.60. The van der Waals surface area contributed by atoms with Crippen LogP contribution in [-0.2, 0) is 19.6 Å². The Hall–Kier alpha value is -2.15. The van der Waals surface area contributed by atoms with Gasteiger partial charge in [-0.3, -0.25) is 4.79 Å². The van der Waals surface area contributed by atoms with Crippen LogP contribution < -0.4 is 4.31 Å². The Bertz CT molecular complexity index is 762. The van der Waals surface area contributed by atoms with Gasteiger partial charge < -0.3 is 5.11 Å². The van der Waals surface area contributed by atoms with Crippen LogP contribution in [0, 0.1) is 6.92 Å². The number of carboxylic acids is 1. The first kappa shape index (κ1) is 15.2. The van der Waals surface area contributed by atoms with Crippen LogP contribution >= 0.6 is 0 Å². The summed E-state index contributed by atoms with van der Waals surface area (Å²) in [5, 5.41) is 8.61. The van der Waals surface area contributed by atoms with Crippen molar-refractivity contribution in [3.05, 3.63) is 35.4 Å². The third kappa shape index (κ3) is 2.23. The van der Waals surface area contributed by atoms with Crippen molar-refractivity contribution in [3.8, 4) is 0 Å². The Labute approximate surface area is 122 Å². The molecule has 1 amide bonds. The van der Waals surface area contributed by atoms with Crippen LogP contribution in [0.1, 0.15) is 25.0 Å². The highest BCUT2D eigenvalue weighted by Gasteiger charge is 2.61. The zero-order chi connectivity index (χ0) is 16.0. The van der Waals surface area contributed by atoms with Crippen LogP contribution in [0.25, 0.3) is 6.08 Å². The SMILES string of the molecule is Cc1ccc(C=CC(=O)O)cc1N1C(=O)C(C)(C)S1(=O)=O. The Morgan fingerprint density at radius 3 is 2.48 bits per heavy atom. The molecule has 1 aromatic carbocycles. The first-order valence-electron chi connectivity index (χ1n) is 6.20. The van der Waals surface area contributed by atoms with Gasteiger partial charge in [-0.1, -0.05) is 12.1 Å². The molecule has 112 valence electrons. The number of aryl methyl sites for hydroxylation is 1. The van der Waals surface area contributed by atoms with E-state index in [0.29, 0.717) is 11.1 Å². The largest absolute Gasteiger partial charge is 0.478 e. The van der Waals surface area contributed by atoms with Crippen molar-refractivity contribution < 1.29 is 23.1 Å². The summed E-state index contributed by atoms with van der Waals surface area (Å²) in [4.78, 5) is 22.6. The number of benzene rings is 1. The number of amides is 1. The maximum absolute atomic E-state index is 12.2. The van der Waals surface area contributed by atoms with Crippen molar-refractivity contribution in [1.29, 1.82) is 0 Å². The van der Waals surface area contributed by atoms with Crippen LogP contribution in [0.5, 0.6) is 0 Å². The van der Waals surface area contributed by atoms with Crippen LogP contribution in [0.2, 0.25) is 0 Å². The van der Waals surface area contributed by atoms with E-state index in [4.69, 9.17) is 5.11 Å². The van der Waals surface area contributed by atoms with Gasteiger partial charge in [-0.25, -0.2) is 17.5 Å². The van der Waals surface area contributed by atoms with Crippen molar-refractivity contribution in [2.45, 2.75) is 25.5 Å². The minimum absolute atomic E-state index is 0.256. The van der Waals surface area contributed by atoms with Gasteiger partial charge in [-0.15, -0.1) is 0 Å². The lowest BCUT2D eigenvalue weighted by Gasteiger charge is -2.43. The van der Waals surface area contributed by atoms with Crippen LogP contribution in [0.3, 0.4) is 0 Å². The monoisotopic (exact) mass is 309 g/mol. The van der Waals surface area contributed by atoms with Crippen LogP contribution in [0.15, 0.2) is 24.3 Å². The highest BCUT2D eigenvalue weighted by Crippen LogP contribution is 2.40. The predicted molar refractivity (Wildman–Crippen MR) is 78.3 cm³/mol. The molecule has 1 saturated heterocycles. The summed E-state index contributed by atoms with van der Waals surface area (Å²) in [6, 6.07) is 4.78. The number of carbonyl (C=O) groups excluding carboxylic acids is 1. The van der Waals surface area contributed by atoms with E-state index in [1.807, 2.05) is 0 Å². The number of aliphatic carboxylic acids is 1. The summed E-state index contributed by atoms with van der Waals surface area (Å²) in [7, 11) is -3.73. The molecule has 21 heavy (non-hydrogen) atoms. The molecule has 1 N–H and O–H groups in total. The molecule has 0 spiro atoms. The third-order valence-electron chi connectivity index (χ3n) is 3.46. The number of hydrogen-bond donors (Lipinski definition) is 1. The summed E-state index contributed by atoms with van der Waals surface area (Å²) in [5.41, 5.74) is 1.38. The topological polar surface area (TPSA) is 91.8 Å². The first-order valence-corrected chi connectivity index (χ1v) is 7.64. The number of carboxylic acid groups (broad SMARTS) is 1. The average molecular weight is 309 g/mol. The Kier molecular flexibility index (Phi) is 3.41. The van der Waals surface area contributed by atoms with Crippen molar-refractivity contribution in [1.82, 2.24) is 0 Å². The lowest BCUT2D eigenvalue weighted by atomic mass is 10.1. The Balaban J connectivity index is 2.49. The zero-order valence-electron chi connectivity index (χ0n) is 11.8. The molecule has 6 nitrogen and oxygen atoms in total. The second-order valence-corrected chi connectivity index (χ2v) is 7.64. The molecular formula is C14H15NO5S. The summed E-state index contributed by atoms with van der Waals surface area (Å²) in [6.45, 7) is 4.42. The number of anilines is 1. The van der Waals surface area contributed by atoms with E-state index in [-0.39, 0.29) is 5.69 Å². The number of nitrogens with zero attached hydrogens (tertiary/aromatic N) is 1. The lowest BCUT2D eigenvalue weighted by molar-refractivity contribution is -0.131. The average Bonchev–Trinajstić information content (AvgIpc) is 2.38. The van der Waals surface area contributed by atoms with E-state index in [2.05, 4.69) is 0 Å². The molecule has 2 rings (SSSR count). The van der Waals surface area contributed by atoms with E-state index >= 15 is 0 Å². The van der Waals surface area contributed by atoms with Crippen LogP contribution in [0.4, 0.5) is 5.69 Å². The zero-order valence-corrected chi connectivity index (χ0v) is 12.6. The number of sulfonamides is 1. The minimum atomic E-state index is -3.73. The van der Waals surface area contributed by atoms with Gasteiger partial charge in [0, 0.05) is 6.08 Å². The van der Waals surface area contributed by atoms with E-state index in [9.17, 15) is 18.0 Å². The summed E-state index contributed by atoms with van der Waals surface area (Å²) >= 11 is 0. The highest BCUT2D eigenvalue weighted by atomic mass is 32.2. The molecule has 1 heterocycles. The minimum Gasteiger partial charge on any atom is -0.478 e. The second-order valence-electron chi connectivity index (χ2n) is 5.30. The smallest absolute Gasteiger partial charge is 0.328 e.